The molecule has 1 amide bonds. The average molecular weight is 334 g/mol. The zero-order chi connectivity index (χ0) is 17.2. The van der Waals surface area contributed by atoms with Crippen LogP contribution in [-0.2, 0) is 6.42 Å². The lowest BCUT2D eigenvalue weighted by Crippen LogP contribution is -2.26. The molecule has 25 heavy (non-hydrogen) atoms. The molecular weight excluding hydrogens is 315 g/mol. The molecule has 126 valence electrons. The standard InChI is InChI=1S/C21H19FN2O/c22-16-9-5-14(6-10-16)11-12-23-21(25)18-13-20(15-7-8-15)24-19-4-2-1-3-17(18)19/h1-6,9-10,13,15H,7-8,11-12H2,(H,23,25). The van der Waals surface area contributed by atoms with Gasteiger partial charge in [0.2, 0.25) is 0 Å². The van der Waals surface area contributed by atoms with Gasteiger partial charge < -0.3 is 5.32 Å². The fraction of sp³-hybridized carbons (Fsp3) is 0.238. The van der Waals surface area contributed by atoms with Crippen molar-refractivity contribution in [1.29, 1.82) is 0 Å². The number of hydrogen-bond acceptors (Lipinski definition) is 2. The predicted octanol–water partition coefficient (Wildman–Crippen LogP) is 4.22. The Morgan fingerprint density at radius 2 is 1.88 bits per heavy atom. The van der Waals surface area contributed by atoms with E-state index in [9.17, 15) is 9.18 Å². The number of amides is 1. The summed E-state index contributed by atoms with van der Waals surface area (Å²) in [6.45, 7) is 0.514. The predicted molar refractivity (Wildman–Crippen MR) is 96.2 cm³/mol. The molecule has 1 saturated carbocycles. The van der Waals surface area contributed by atoms with Crippen LogP contribution in [0.25, 0.3) is 10.9 Å². The van der Waals surface area contributed by atoms with Crippen molar-refractivity contribution < 1.29 is 9.18 Å². The number of benzene rings is 2. The second-order valence-corrected chi connectivity index (χ2v) is 6.52. The molecule has 3 aromatic rings. The lowest BCUT2D eigenvalue weighted by molar-refractivity contribution is 0.0955. The second kappa shape index (κ2) is 6.63. The van der Waals surface area contributed by atoms with Gasteiger partial charge in [0.15, 0.2) is 0 Å². The minimum atomic E-state index is -0.247. The van der Waals surface area contributed by atoms with Gasteiger partial charge in [-0.2, -0.15) is 0 Å². The molecule has 0 aliphatic heterocycles. The van der Waals surface area contributed by atoms with Gasteiger partial charge in [-0.3, -0.25) is 9.78 Å². The molecule has 4 heteroatoms. The zero-order valence-electron chi connectivity index (χ0n) is 13.8. The Hall–Kier alpha value is -2.75. The minimum Gasteiger partial charge on any atom is -0.352 e. The average Bonchev–Trinajstić information content (AvgIpc) is 3.47. The molecule has 1 fully saturated rings. The summed E-state index contributed by atoms with van der Waals surface area (Å²) < 4.78 is 12.9. The Morgan fingerprint density at radius 1 is 1.12 bits per heavy atom. The first kappa shape index (κ1) is 15.8. The summed E-state index contributed by atoms with van der Waals surface area (Å²) >= 11 is 0. The van der Waals surface area contributed by atoms with Crippen LogP contribution in [-0.4, -0.2) is 17.4 Å². The van der Waals surface area contributed by atoms with Crippen LogP contribution >= 0.6 is 0 Å². The molecule has 0 unspecified atom stereocenters. The van der Waals surface area contributed by atoms with E-state index in [-0.39, 0.29) is 11.7 Å². The first-order chi connectivity index (χ1) is 12.2. The minimum absolute atomic E-state index is 0.0809. The van der Waals surface area contributed by atoms with Crippen LogP contribution in [0, 0.1) is 5.82 Å². The summed E-state index contributed by atoms with van der Waals surface area (Å²) in [4.78, 5) is 17.4. The monoisotopic (exact) mass is 334 g/mol. The summed E-state index contributed by atoms with van der Waals surface area (Å²) in [5.74, 6) is 0.168. The lowest BCUT2D eigenvalue weighted by atomic mass is 10.1. The van der Waals surface area contributed by atoms with E-state index >= 15 is 0 Å². The zero-order valence-corrected chi connectivity index (χ0v) is 13.8. The number of halogens is 1. The number of nitrogens with zero attached hydrogens (tertiary/aromatic N) is 1. The van der Waals surface area contributed by atoms with Gasteiger partial charge in [0.25, 0.3) is 5.91 Å². The molecular formula is C21H19FN2O. The van der Waals surface area contributed by atoms with Crippen LogP contribution in [0.5, 0.6) is 0 Å². The van der Waals surface area contributed by atoms with E-state index in [0.717, 1.165) is 35.0 Å². The van der Waals surface area contributed by atoms with Crippen LogP contribution in [0.3, 0.4) is 0 Å². The van der Waals surface area contributed by atoms with Crippen LogP contribution < -0.4 is 5.32 Å². The van der Waals surface area contributed by atoms with Crippen molar-refractivity contribution in [3.05, 3.63) is 77.2 Å². The topological polar surface area (TPSA) is 42.0 Å². The van der Waals surface area contributed by atoms with Gasteiger partial charge in [0, 0.05) is 23.5 Å². The van der Waals surface area contributed by atoms with E-state index < -0.39 is 0 Å². The summed E-state index contributed by atoms with van der Waals surface area (Å²) in [5, 5.41) is 3.86. The van der Waals surface area contributed by atoms with Gasteiger partial charge in [-0.1, -0.05) is 30.3 Å². The summed E-state index contributed by atoms with van der Waals surface area (Å²) in [5.41, 5.74) is 3.57. The molecule has 3 nitrogen and oxygen atoms in total. The van der Waals surface area contributed by atoms with Gasteiger partial charge in [0.05, 0.1) is 11.1 Å². The Balaban J connectivity index is 1.52. The summed E-state index contributed by atoms with van der Waals surface area (Å²) in [7, 11) is 0. The van der Waals surface area contributed by atoms with Gasteiger partial charge in [0.1, 0.15) is 5.82 Å². The highest BCUT2D eigenvalue weighted by atomic mass is 19.1. The number of aromatic nitrogens is 1. The van der Waals surface area contributed by atoms with E-state index in [0.29, 0.717) is 24.4 Å². The van der Waals surface area contributed by atoms with E-state index in [2.05, 4.69) is 5.32 Å². The summed E-state index contributed by atoms with van der Waals surface area (Å²) in [6.07, 6.45) is 2.97. The third-order valence-corrected chi connectivity index (χ3v) is 4.59. The van der Waals surface area contributed by atoms with Gasteiger partial charge >= 0.3 is 0 Å². The molecule has 1 N–H and O–H groups in total. The van der Waals surface area contributed by atoms with Gasteiger partial charge in [-0.25, -0.2) is 4.39 Å². The highest BCUT2D eigenvalue weighted by molar-refractivity contribution is 6.06. The number of carbonyl (C=O) groups is 1. The molecule has 1 aliphatic carbocycles. The van der Waals surface area contributed by atoms with Crippen LogP contribution in [0.4, 0.5) is 4.39 Å². The SMILES string of the molecule is O=C(NCCc1ccc(F)cc1)c1cc(C2CC2)nc2ccccc12. The molecule has 1 heterocycles. The Kier molecular flexibility index (Phi) is 4.18. The molecule has 0 bridgehead atoms. The molecule has 0 atom stereocenters. The van der Waals surface area contributed by atoms with Crippen LogP contribution in [0.15, 0.2) is 54.6 Å². The Labute approximate surface area is 145 Å². The van der Waals surface area contributed by atoms with E-state index in [1.54, 1.807) is 12.1 Å². The van der Waals surface area contributed by atoms with E-state index in [1.165, 1.54) is 12.1 Å². The van der Waals surface area contributed by atoms with Crippen molar-refractivity contribution in [1.82, 2.24) is 10.3 Å². The van der Waals surface area contributed by atoms with Crippen molar-refractivity contribution >= 4 is 16.8 Å². The molecule has 0 saturated heterocycles. The number of para-hydroxylation sites is 1. The molecule has 2 aromatic carbocycles. The van der Waals surface area contributed by atoms with Gasteiger partial charge in [-0.05, 0) is 49.1 Å². The molecule has 0 spiro atoms. The van der Waals surface area contributed by atoms with Crippen molar-refractivity contribution in [3.8, 4) is 0 Å². The Morgan fingerprint density at radius 3 is 2.64 bits per heavy atom. The molecule has 0 radical (unpaired) electrons. The fourth-order valence-corrected chi connectivity index (χ4v) is 3.04. The van der Waals surface area contributed by atoms with Crippen molar-refractivity contribution in [3.63, 3.8) is 0 Å². The van der Waals surface area contributed by atoms with Gasteiger partial charge in [-0.15, -0.1) is 0 Å². The summed E-state index contributed by atoms with van der Waals surface area (Å²) in [6, 6.07) is 16.1. The maximum Gasteiger partial charge on any atom is 0.252 e. The van der Waals surface area contributed by atoms with E-state index in [1.807, 2.05) is 30.3 Å². The second-order valence-electron chi connectivity index (χ2n) is 6.52. The van der Waals surface area contributed by atoms with Crippen LogP contribution in [0.2, 0.25) is 0 Å². The van der Waals surface area contributed by atoms with Crippen molar-refractivity contribution in [2.24, 2.45) is 0 Å². The van der Waals surface area contributed by atoms with Crippen molar-refractivity contribution in [2.45, 2.75) is 25.2 Å². The van der Waals surface area contributed by atoms with Crippen molar-refractivity contribution in [2.75, 3.05) is 6.54 Å². The number of carbonyl (C=O) groups excluding carboxylic acids is 1. The third kappa shape index (κ3) is 3.53. The first-order valence-electron chi connectivity index (χ1n) is 8.63. The third-order valence-electron chi connectivity index (χ3n) is 4.59. The fourth-order valence-electron chi connectivity index (χ4n) is 3.04. The largest absolute Gasteiger partial charge is 0.352 e. The number of fused-ring (bicyclic) bond motifs is 1. The lowest BCUT2D eigenvalue weighted by Gasteiger charge is -2.10. The number of rotatable bonds is 5. The van der Waals surface area contributed by atoms with E-state index in [4.69, 9.17) is 4.98 Å². The highest BCUT2D eigenvalue weighted by Crippen LogP contribution is 2.40. The number of nitrogens with one attached hydrogen (secondary N) is 1. The Bertz CT molecular complexity index is 917. The molecule has 1 aromatic heterocycles. The van der Waals surface area contributed by atoms with Crippen LogP contribution in [0.1, 0.15) is 40.4 Å². The highest BCUT2D eigenvalue weighted by Gasteiger charge is 2.26. The maximum absolute atomic E-state index is 12.9. The molecule has 1 aliphatic rings. The normalized spacial score (nSPS) is 13.8. The number of hydrogen-bond donors (Lipinski definition) is 1. The smallest absolute Gasteiger partial charge is 0.252 e. The first-order valence-corrected chi connectivity index (χ1v) is 8.63. The number of pyridine rings is 1. The quantitative estimate of drug-likeness (QED) is 0.759. The maximum atomic E-state index is 12.9. The molecule has 4 rings (SSSR count).